The van der Waals surface area contributed by atoms with E-state index in [0.717, 1.165) is 10.5 Å². The summed E-state index contributed by atoms with van der Waals surface area (Å²) in [5, 5.41) is 2.75. The highest BCUT2D eigenvalue weighted by molar-refractivity contribution is 6.39. The van der Waals surface area contributed by atoms with Crippen molar-refractivity contribution in [2.24, 2.45) is 0 Å². The second-order valence-corrected chi connectivity index (χ2v) is 8.31. The maximum absolute atomic E-state index is 13.1. The van der Waals surface area contributed by atoms with E-state index in [-0.39, 0.29) is 22.8 Å². The molecule has 4 amide bonds. The van der Waals surface area contributed by atoms with Crippen LogP contribution in [-0.2, 0) is 14.4 Å². The number of esters is 1. The summed E-state index contributed by atoms with van der Waals surface area (Å²) in [5.41, 5.74) is 1.12. The lowest BCUT2D eigenvalue weighted by molar-refractivity contribution is -0.129. The third kappa shape index (κ3) is 5.91. The zero-order valence-corrected chi connectivity index (χ0v) is 21.0. The van der Waals surface area contributed by atoms with Gasteiger partial charge in [0.2, 0.25) is 0 Å². The van der Waals surface area contributed by atoms with Crippen molar-refractivity contribution in [3.63, 3.8) is 0 Å². The smallest absolute Gasteiger partial charge is 0.336 e. The molecule has 0 radical (unpaired) electrons. The number of hydrogen-bond acceptors (Lipinski definition) is 7. The number of imide groups is 2. The third-order valence-corrected chi connectivity index (χ3v) is 5.66. The Kier molecular flexibility index (Phi) is 7.88. The van der Waals surface area contributed by atoms with Gasteiger partial charge in [0.05, 0.1) is 19.9 Å². The van der Waals surface area contributed by atoms with Crippen molar-refractivity contribution in [2.75, 3.05) is 19.1 Å². The summed E-state index contributed by atoms with van der Waals surface area (Å²) < 4.78 is 15.9. The number of carbonyl (C=O) groups is 4. The van der Waals surface area contributed by atoms with Gasteiger partial charge < -0.3 is 14.2 Å². The van der Waals surface area contributed by atoms with Gasteiger partial charge in [0.25, 0.3) is 11.8 Å². The standard InChI is InChI=1S/C28H21ClN2O7/c1-36-21-5-3-4-20(16-21)31-27(34)22(26(33)30-28(31)35)14-18-8-12-23(24(15-18)37-2)38-25(32)13-9-17-6-10-19(29)11-7-17/h3-16H,1-2H3,(H,30,33,35)/b13-9+,22-14+. The number of ether oxygens (including phenoxy) is 3. The fourth-order valence-electron chi connectivity index (χ4n) is 3.55. The fraction of sp³-hybridized carbons (Fsp3) is 0.0714. The third-order valence-electron chi connectivity index (χ3n) is 5.40. The van der Waals surface area contributed by atoms with Crippen LogP contribution in [0.5, 0.6) is 17.2 Å². The van der Waals surface area contributed by atoms with Crippen LogP contribution in [0.25, 0.3) is 12.2 Å². The van der Waals surface area contributed by atoms with Crippen LogP contribution in [0.3, 0.4) is 0 Å². The summed E-state index contributed by atoms with van der Waals surface area (Å²) in [6, 6.07) is 16.8. The van der Waals surface area contributed by atoms with Crippen LogP contribution in [0, 0.1) is 0 Å². The van der Waals surface area contributed by atoms with Crippen LogP contribution in [0.4, 0.5) is 10.5 Å². The number of hydrogen-bond donors (Lipinski definition) is 1. The Morgan fingerprint density at radius 1 is 0.895 bits per heavy atom. The molecule has 1 aliphatic rings. The molecule has 1 saturated heterocycles. The molecule has 3 aromatic rings. The topological polar surface area (TPSA) is 111 Å². The van der Waals surface area contributed by atoms with Gasteiger partial charge in [-0.05, 0) is 59.7 Å². The van der Waals surface area contributed by atoms with E-state index in [1.807, 2.05) is 0 Å². The first-order chi connectivity index (χ1) is 18.3. The fourth-order valence-corrected chi connectivity index (χ4v) is 3.67. The van der Waals surface area contributed by atoms with E-state index in [4.69, 9.17) is 25.8 Å². The molecule has 10 heteroatoms. The first kappa shape index (κ1) is 26.2. The molecule has 9 nitrogen and oxygen atoms in total. The van der Waals surface area contributed by atoms with Gasteiger partial charge in [0.15, 0.2) is 11.5 Å². The molecule has 0 aromatic heterocycles. The van der Waals surface area contributed by atoms with Crippen LogP contribution in [0.1, 0.15) is 11.1 Å². The number of amides is 4. The number of nitrogens with zero attached hydrogens (tertiary/aromatic N) is 1. The highest BCUT2D eigenvalue weighted by Gasteiger charge is 2.37. The average molecular weight is 533 g/mol. The Balaban J connectivity index is 1.56. The maximum atomic E-state index is 13.1. The lowest BCUT2D eigenvalue weighted by atomic mass is 10.1. The molecule has 0 saturated carbocycles. The molecular weight excluding hydrogens is 512 g/mol. The molecule has 4 rings (SSSR count). The van der Waals surface area contributed by atoms with Gasteiger partial charge in [-0.2, -0.15) is 0 Å². The molecule has 0 unspecified atom stereocenters. The van der Waals surface area contributed by atoms with Crippen LogP contribution >= 0.6 is 11.6 Å². The zero-order valence-electron chi connectivity index (χ0n) is 20.3. The number of barbiturate groups is 1. The van der Waals surface area contributed by atoms with Crippen molar-refractivity contribution < 1.29 is 33.4 Å². The number of benzene rings is 3. The largest absolute Gasteiger partial charge is 0.497 e. The van der Waals surface area contributed by atoms with Gasteiger partial charge in [0.1, 0.15) is 11.3 Å². The Morgan fingerprint density at radius 2 is 1.63 bits per heavy atom. The van der Waals surface area contributed by atoms with E-state index in [9.17, 15) is 19.2 Å². The number of methoxy groups -OCH3 is 2. The summed E-state index contributed by atoms with van der Waals surface area (Å²) in [5.74, 6) is -1.54. The Bertz CT molecular complexity index is 1480. The normalized spacial score (nSPS) is 14.6. The molecular formula is C28H21ClN2O7. The lowest BCUT2D eigenvalue weighted by Crippen LogP contribution is -2.54. The van der Waals surface area contributed by atoms with Crippen molar-refractivity contribution in [1.82, 2.24) is 5.32 Å². The molecule has 0 atom stereocenters. The Hall–Kier alpha value is -4.89. The number of nitrogens with one attached hydrogen (secondary N) is 1. The number of urea groups is 1. The van der Waals surface area contributed by atoms with Crippen LogP contribution in [0.15, 0.2) is 78.4 Å². The second kappa shape index (κ2) is 11.4. The predicted octanol–water partition coefficient (Wildman–Crippen LogP) is 4.64. The van der Waals surface area contributed by atoms with Gasteiger partial charge in [-0.25, -0.2) is 14.5 Å². The first-order valence-corrected chi connectivity index (χ1v) is 11.6. The van der Waals surface area contributed by atoms with E-state index >= 15 is 0 Å². The minimum atomic E-state index is -0.878. The molecule has 0 spiro atoms. The van der Waals surface area contributed by atoms with Crippen molar-refractivity contribution in [2.45, 2.75) is 0 Å². The van der Waals surface area contributed by atoms with Crippen LogP contribution in [0.2, 0.25) is 5.02 Å². The molecule has 0 bridgehead atoms. The summed E-state index contributed by atoms with van der Waals surface area (Å²) in [6.07, 6.45) is 4.15. The monoisotopic (exact) mass is 532 g/mol. The zero-order chi connectivity index (χ0) is 27.2. The van der Waals surface area contributed by atoms with E-state index < -0.39 is 23.8 Å². The Morgan fingerprint density at radius 3 is 2.34 bits per heavy atom. The molecule has 38 heavy (non-hydrogen) atoms. The summed E-state index contributed by atoms with van der Waals surface area (Å²) >= 11 is 5.86. The molecule has 1 aliphatic heterocycles. The lowest BCUT2D eigenvalue weighted by Gasteiger charge is -2.26. The van der Waals surface area contributed by atoms with Crippen molar-refractivity contribution in [3.05, 3.63) is 94.5 Å². The number of carbonyl (C=O) groups excluding carboxylic acids is 4. The van der Waals surface area contributed by atoms with Gasteiger partial charge in [-0.3, -0.25) is 14.9 Å². The van der Waals surface area contributed by atoms with Gasteiger partial charge >= 0.3 is 12.0 Å². The van der Waals surface area contributed by atoms with Gasteiger partial charge in [-0.15, -0.1) is 0 Å². The highest BCUT2D eigenvalue weighted by Crippen LogP contribution is 2.30. The van der Waals surface area contributed by atoms with Crippen molar-refractivity contribution in [1.29, 1.82) is 0 Å². The Labute approximate surface area is 222 Å². The van der Waals surface area contributed by atoms with E-state index in [0.29, 0.717) is 16.3 Å². The van der Waals surface area contributed by atoms with E-state index in [1.165, 1.54) is 50.6 Å². The predicted molar refractivity (Wildman–Crippen MR) is 141 cm³/mol. The van der Waals surface area contributed by atoms with Crippen LogP contribution < -0.4 is 24.4 Å². The minimum Gasteiger partial charge on any atom is -0.497 e. The molecule has 0 aliphatic carbocycles. The van der Waals surface area contributed by atoms with Gasteiger partial charge in [-0.1, -0.05) is 35.9 Å². The molecule has 1 fully saturated rings. The first-order valence-electron chi connectivity index (χ1n) is 11.2. The number of halogens is 1. The molecule has 1 heterocycles. The average Bonchev–Trinajstić information content (AvgIpc) is 2.91. The van der Waals surface area contributed by atoms with Gasteiger partial charge in [0, 0.05) is 17.2 Å². The minimum absolute atomic E-state index is 0.132. The maximum Gasteiger partial charge on any atom is 0.336 e. The van der Waals surface area contributed by atoms with Crippen LogP contribution in [-0.4, -0.2) is 38.0 Å². The van der Waals surface area contributed by atoms with E-state index in [2.05, 4.69) is 5.32 Å². The van der Waals surface area contributed by atoms with E-state index in [1.54, 1.807) is 48.5 Å². The highest BCUT2D eigenvalue weighted by atomic mass is 35.5. The number of rotatable bonds is 7. The molecule has 192 valence electrons. The quantitative estimate of drug-likeness (QED) is 0.204. The SMILES string of the molecule is COc1cccc(N2C(=O)NC(=O)/C(=C\c3ccc(OC(=O)/C=C/c4ccc(Cl)cc4)c(OC)c3)C2=O)c1. The molecule has 1 N–H and O–H groups in total. The van der Waals surface area contributed by atoms with Crippen molar-refractivity contribution >= 4 is 53.3 Å². The summed E-state index contributed by atoms with van der Waals surface area (Å²) in [4.78, 5) is 51.2. The molecule has 3 aromatic carbocycles. The van der Waals surface area contributed by atoms with Crippen molar-refractivity contribution in [3.8, 4) is 17.2 Å². The summed E-state index contributed by atoms with van der Waals surface area (Å²) in [6.45, 7) is 0. The summed E-state index contributed by atoms with van der Waals surface area (Å²) in [7, 11) is 2.84. The second-order valence-electron chi connectivity index (χ2n) is 7.88. The number of anilines is 1.